The Labute approximate surface area is 132 Å². The van der Waals surface area contributed by atoms with Crippen LogP contribution in [0.25, 0.3) is 0 Å². The molecule has 2 aliphatic heterocycles. The average molecular weight is 311 g/mol. The first-order valence-corrected chi connectivity index (χ1v) is 8.44. The van der Waals surface area contributed by atoms with Crippen LogP contribution in [-0.2, 0) is 14.3 Å². The summed E-state index contributed by atoms with van der Waals surface area (Å²) in [4.78, 5) is 26.2. The first-order chi connectivity index (χ1) is 10.6. The van der Waals surface area contributed by atoms with Gasteiger partial charge in [0.2, 0.25) is 11.8 Å². The molecule has 0 aromatic rings. The van der Waals surface area contributed by atoms with Crippen LogP contribution in [0.4, 0.5) is 0 Å². The number of rotatable bonds is 5. The topological polar surface area (TPSA) is 70.7 Å². The van der Waals surface area contributed by atoms with E-state index in [9.17, 15) is 9.59 Å². The van der Waals surface area contributed by atoms with E-state index < -0.39 is 6.04 Å². The van der Waals surface area contributed by atoms with Crippen LogP contribution in [0.2, 0.25) is 0 Å². The summed E-state index contributed by atoms with van der Waals surface area (Å²) in [5.74, 6) is 0.874. The molecule has 0 saturated carbocycles. The monoisotopic (exact) mass is 311 g/mol. The van der Waals surface area contributed by atoms with Crippen molar-refractivity contribution in [1.82, 2.24) is 15.5 Å². The third-order valence-electron chi connectivity index (χ3n) is 4.72. The Hall–Kier alpha value is -1.14. The normalized spacial score (nSPS) is 25.4. The summed E-state index contributed by atoms with van der Waals surface area (Å²) in [5.41, 5.74) is 0. The number of nitrogens with one attached hydrogen (secondary N) is 2. The van der Waals surface area contributed by atoms with E-state index in [1.165, 1.54) is 12.8 Å². The second kappa shape index (κ2) is 8.48. The first-order valence-electron chi connectivity index (χ1n) is 8.44. The number of nitrogens with zero attached hydrogens (tertiary/aromatic N) is 1. The highest BCUT2D eigenvalue weighted by Gasteiger charge is 2.26. The quantitative estimate of drug-likeness (QED) is 0.770. The molecule has 2 heterocycles. The van der Waals surface area contributed by atoms with E-state index in [0.29, 0.717) is 44.6 Å². The van der Waals surface area contributed by atoms with Crippen LogP contribution in [0.3, 0.4) is 0 Å². The van der Waals surface area contributed by atoms with Crippen molar-refractivity contribution in [1.29, 1.82) is 0 Å². The van der Waals surface area contributed by atoms with Crippen molar-refractivity contribution < 1.29 is 14.3 Å². The summed E-state index contributed by atoms with van der Waals surface area (Å²) >= 11 is 0. The van der Waals surface area contributed by atoms with Gasteiger partial charge in [0, 0.05) is 19.5 Å². The van der Waals surface area contributed by atoms with Crippen molar-refractivity contribution in [2.75, 3.05) is 39.4 Å². The van der Waals surface area contributed by atoms with Crippen LogP contribution in [0.1, 0.15) is 33.1 Å². The fourth-order valence-electron chi connectivity index (χ4n) is 3.24. The van der Waals surface area contributed by atoms with E-state index >= 15 is 0 Å². The van der Waals surface area contributed by atoms with E-state index in [4.69, 9.17) is 4.74 Å². The Balaban J connectivity index is 1.74. The number of carbonyl (C=O) groups is 2. The molecule has 6 heteroatoms. The lowest BCUT2D eigenvalue weighted by Gasteiger charge is -2.30. The third-order valence-corrected chi connectivity index (χ3v) is 4.72. The molecule has 2 saturated heterocycles. The van der Waals surface area contributed by atoms with Gasteiger partial charge in [0.05, 0.1) is 13.2 Å². The number of hydrogen-bond donors (Lipinski definition) is 2. The molecule has 2 rings (SSSR count). The van der Waals surface area contributed by atoms with Crippen molar-refractivity contribution in [2.24, 2.45) is 11.8 Å². The minimum atomic E-state index is -0.456. The smallest absolute Gasteiger partial charge is 0.245 e. The summed E-state index contributed by atoms with van der Waals surface area (Å²) < 4.78 is 5.24. The van der Waals surface area contributed by atoms with Crippen molar-refractivity contribution in [3.8, 4) is 0 Å². The van der Waals surface area contributed by atoms with Gasteiger partial charge in [-0.1, -0.05) is 6.92 Å². The lowest BCUT2D eigenvalue weighted by atomic mass is 9.85. The molecular formula is C16H29N3O3. The van der Waals surface area contributed by atoms with Gasteiger partial charge in [-0.05, 0) is 44.7 Å². The Kier molecular flexibility index (Phi) is 6.64. The molecule has 0 aliphatic carbocycles. The zero-order chi connectivity index (χ0) is 15.9. The molecule has 0 aromatic carbocycles. The van der Waals surface area contributed by atoms with E-state index in [1.54, 1.807) is 11.8 Å². The second-order valence-corrected chi connectivity index (χ2v) is 6.51. The summed E-state index contributed by atoms with van der Waals surface area (Å²) in [6, 6.07) is -0.456. The van der Waals surface area contributed by atoms with Gasteiger partial charge >= 0.3 is 0 Å². The van der Waals surface area contributed by atoms with E-state index in [2.05, 4.69) is 17.6 Å². The summed E-state index contributed by atoms with van der Waals surface area (Å²) in [7, 11) is 0. The van der Waals surface area contributed by atoms with Crippen LogP contribution < -0.4 is 10.6 Å². The minimum absolute atomic E-state index is 0.0105. The van der Waals surface area contributed by atoms with Gasteiger partial charge in [-0.3, -0.25) is 9.59 Å². The first kappa shape index (κ1) is 17.2. The van der Waals surface area contributed by atoms with Crippen LogP contribution in [0.15, 0.2) is 0 Å². The van der Waals surface area contributed by atoms with Gasteiger partial charge in [0.15, 0.2) is 0 Å². The second-order valence-electron chi connectivity index (χ2n) is 6.51. The molecule has 126 valence electrons. The predicted octanol–water partition coefficient (Wildman–Crippen LogP) is 0.376. The highest BCUT2D eigenvalue weighted by atomic mass is 16.5. The molecule has 2 amide bonds. The van der Waals surface area contributed by atoms with Crippen LogP contribution >= 0.6 is 0 Å². The molecule has 2 fully saturated rings. The Bertz CT molecular complexity index is 377. The molecule has 22 heavy (non-hydrogen) atoms. The lowest BCUT2D eigenvalue weighted by molar-refractivity contribution is -0.139. The van der Waals surface area contributed by atoms with Gasteiger partial charge in [-0.15, -0.1) is 0 Å². The Morgan fingerprint density at radius 2 is 2.05 bits per heavy atom. The van der Waals surface area contributed by atoms with Gasteiger partial charge in [-0.2, -0.15) is 0 Å². The third kappa shape index (κ3) is 4.95. The molecule has 3 unspecified atom stereocenters. The predicted molar refractivity (Wildman–Crippen MR) is 84.4 cm³/mol. The molecule has 2 aliphatic rings. The van der Waals surface area contributed by atoms with E-state index in [-0.39, 0.29) is 11.8 Å². The largest absolute Gasteiger partial charge is 0.378 e. The van der Waals surface area contributed by atoms with E-state index in [0.717, 1.165) is 13.1 Å². The summed E-state index contributed by atoms with van der Waals surface area (Å²) in [6.07, 6.45) is 2.86. The summed E-state index contributed by atoms with van der Waals surface area (Å²) in [6.45, 7) is 8.37. The number of ether oxygens (including phenoxy) is 1. The average Bonchev–Trinajstić information content (AvgIpc) is 2.55. The lowest BCUT2D eigenvalue weighted by Crippen LogP contribution is -2.50. The number of hydrogen-bond acceptors (Lipinski definition) is 4. The maximum atomic E-state index is 12.3. The Morgan fingerprint density at radius 1 is 1.32 bits per heavy atom. The van der Waals surface area contributed by atoms with Gasteiger partial charge in [0.25, 0.3) is 0 Å². The van der Waals surface area contributed by atoms with Gasteiger partial charge in [0.1, 0.15) is 6.04 Å². The number of morpholine rings is 1. The molecule has 0 spiro atoms. The van der Waals surface area contributed by atoms with E-state index in [1.807, 2.05) is 0 Å². The standard InChI is InChI=1S/C16H29N3O3/c1-12(14-4-3-5-17-11-14)10-15(20)18-13(2)16(21)19-6-8-22-9-7-19/h12-14,17H,3-11H2,1-2H3,(H,18,20). The minimum Gasteiger partial charge on any atom is -0.378 e. The number of amides is 2. The molecule has 0 aromatic heterocycles. The van der Waals surface area contributed by atoms with Crippen molar-refractivity contribution in [3.63, 3.8) is 0 Å². The van der Waals surface area contributed by atoms with Crippen LogP contribution in [-0.4, -0.2) is 62.1 Å². The zero-order valence-electron chi connectivity index (χ0n) is 13.8. The molecular weight excluding hydrogens is 282 g/mol. The molecule has 0 radical (unpaired) electrons. The zero-order valence-corrected chi connectivity index (χ0v) is 13.8. The van der Waals surface area contributed by atoms with Gasteiger partial charge < -0.3 is 20.3 Å². The SMILES string of the molecule is CC(NC(=O)CC(C)C1CCCNC1)C(=O)N1CCOCC1. The van der Waals surface area contributed by atoms with Crippen LogP contribution in [0.5, 0.6) is 0 Å². The van der Waals surface area contributed by atoms with Crippen LogP contribution in [0, 0.1) is 11.8 Å². The molecule has 0 bridgehead atoms. The number of carbonyl (C=O) groups excluding carboxylic acids is 2. The van der Waals surface area contributed by atoms with Gasteiger partial charge in [-0.25, -0.2) is 0 Å². The summed E-state index contributed by atoms with van der Waals surface area (Å²) in [5, 5.41) is 6.24. The Morgan fingerprint density at radius 3 is 2.68 bits per heavy atom. The highest BCUT2D eigenvalue weighted by molar-refractivity contribution is 5.87. The molecule has 6 nitrogen and oxygen atoms in total. The molecule has 2 N–H and O–H groups in total. The highest BCUT2D eigenvalue weighted by Crippen LogP contribution is 2.22. The maximum Gasteiger partial charge on any atom is 0.245 e. The van der Waals surface area contributed by atoms with Crippen molar-refractivity contribution in [3.05, 3.63) is 0 Å². The maximum absolute atomic E-state index is 12.3. The fraction of sp³-hybridized carbons (Fsp3) is 0.875. The number of piperidine rings is 1. The fourth-order valence-corrected chi connectivity index (χ4v) is 3.24. The molecule has 3 atom stereocenters. The van der Waals surface area contributed by atoms with Crippen molar-refractivity contribution in [2.45, 2.75) is 39.2 Å². The van der Waals surface area contributed by atoms with Crippen molar-refractivity contribution >= 4 is 11.8 Å².